The summed E-state index contributed by atoms with van der Waals surface area (Å²) in [5.41, 5.74) is 0.742. The lowest BCUT2D eigenvalue weighted by Gasteiger charge is -2.35. The number of amidine groups is 1. The maximum atomic E-state index is 12.3. The van der Waals surface area contributed by atoms with Crippen molar-refractivity contribution in [2.45, 2.75) is 26.1 Å². The minimum atomic E-state index is -0.446. The molecule has 1 aromatic heterocycles. The molecule has 150 valence electrons. The van der Waals surface area contributed by atoms with Gasteiger partial charge in [0, 0.05) is 36.9 Å². The molecule has 4 rings (SSSR count). The van der Waals surface area contributed by atoms with E-state index >= 15 is 0 Å². The van der Waals surface area contributed by atoms with Gasteiger partial charge in [0.1, 0.15) is 11.5 Å². The third kappa shape index (κ3) is 4.25. The maximum absolute atomic E-state index is 12.3. The number of hydrogen-bond acceptors (Lipinski definition) is 7. The Balaban J connectivity index is 1.48. The van der Waals surface area contributed by atoms with Crippen molar-refractivity contribution >= 4 is 34.6 Å². The quantitative estimate of drug-likeness (QED) is 0.427. The van der Waals surface area contributed by atoms with E-state index in [1.54, 1.807) is 30.3 Å². The smallest absolute Gasteiger partial charge is 0.286 e. The van der Waals surface area contributed by atoms with Gasteiger partial charge in [-0.25, -0.2) is 0 Å². The summed E-state index contributed by atoms with van der Waals surface area (Å²) in [6, 6.07) is 9.64. The van der Waals surface area contributed by atoms with Crippen LogP contribution in [-0.2, 0) is 9.53 Å². The maximum Gasteiger partial charge on any atom is 0.286 e. The standard InChI is InChI=1S/C20H19N3O5S/c1-12-10-22(11-13(2)27-12)20-21-19(24)18(29-20)9-16-7-8-17(28-16)14-3-5-15(6-4-14)23(25)26/h3-9,12-13H,10-11H2,1-2H3/b18-9+. The number of morpholine rings is 1. The van der Waals surface area contributed by atoms with Crippen LogP contribution in [-0.4, -0.2) is 46.2 Å². The largest absolute Gasteiger partial charge is 0.457 e. The molecule has 1 fully saturated rings. The Bertz CT molecular complexity index is 1000. The Hall–Kier alpha value is -2.91. The predicted octanol–water partition coefficient (Wildman–Crippen LogP) is 3.93. The molecule has 8 nitrogen and oxygen atoms in total. The predicted molar refractivity (Wildman–Crippen MR) is 110 cm³/mol. The highest BCUT2D eigenvalue weighted by Crippen LogP contribution is 2.33. The molecule has 2 unspecified atom stereocenters. The van der Waals surface area contributed by atoms with E-state index < -0.39 is 4.92 Å². The number of thioether (sulfide) groups is 1. The summed E-state index contributed by atoms with van der Waals surface area (Å²) in [7, 11) is 0. The fraction of sp³-hybridized carbons (Fsp3) is 0.300. The van der Waals surface area contributed by atoms with Crippen molar-refractivity contribution in [1.29, 1.82) is 0 Å². The Kier molecular flexibility index (Phi) is 5.25. The van der Waals surface area contributed by atoms with E-state index in [9.17, 15) is 14.9 Å². The number of amides is 1. The molecule has 1 amide bonds. The van der Waals surface area contributed by atoms with Crippen LogP contribution in [0, 0.1) is 10.1 Å². The molecule has 0 aliphatic carbocycles. The highest BCUT2D eigenvalue weighted by Gasteiger charge is 2.31. The molecule has 2 atom stereocenters. The lowest BCUT2D eigenvalue weighted by molar-refractivity contribution is -0.384. The average molecular weight is 413 g/mol. The number of non-ortho nitro benzene ring substituents is 1. The summed E-state index contributed by atoms with van der Waals surface area (Å²) in [6.07, 6.45) is 1.84. The highest BCUT2D eigenvalue weighted by atomic mass is 32.2. The van der Waals surface area contributed by atoms with Gasteiger partial charge in [-0.15, -0.1) is 0 Å². The lowest BCUT2D eigenvalue weighted by Crippen LogP contribution is -2.47. The normalized spacial score (nSPS) is 23.5. The van der Waals surface area contributed by atoms with Crippen LogP contribution in [0.3, 0.4) is 0 Å². The Morgan fingerprint density at radius 2 is 1.86 bits per heavy atom. The van der Waals surface area contributed by atoms with Crippen LogP contribution in [0.1, 0.15) is 19.6 Å². The Morgan fingerprint density at radius 1 is 1.17 bits per heavy atom. The molecule has 3 heterocycles. The van der Waals surface area contributed by atoms with E-state index in [1.165, 1.54) is 23.9 Å². The van der Waals surface area contributed by atoms with Gasteiger partial charge in [0.15, 0.2) is 5.17 Å². The number of carbonyl (C=O) groups excluding carboxylic acids is 1. The number of furan rings is 1. The van der Waals surface area contributed by atoms with E-state index in [2.05, 4.69) is 9.89 Å². The molecular formula is C20H19N3O5S. The van der Waals surface area contributed by atoms with Crippen LogP contribution >= 0.6 is 11.8 Å². The Labute approximate surface area is 171 Å². The number of hydrogen-bond donors (Lipinski definition) is 0. The van der Waals surface area contributed by atoms with Gasteiger partial charge in [-0.1, -0.05) is 0 Å². The van der Waals surface area contributed by atoms with Crippen molar-refractivity contribution in [3.8, 4) is 11.3 Å². The fourth-order valence-electron chi connectivity index (χ4n) is 3.33. The zero-order valence-electron chi connectivity index (χ0n) is 15.9. The molecule has 0 spiro atoms. The van der Waals surface area contributed by atoms with Gasteiger partial charge in [0.25, 0.3) is 11.6 Å². The summed E-state index contributed by atoms with van der Waals surface area (Å²) in [5, 5.41) is 11.5. The van der Waals surface area contributed by atoms with E-state index in [0.29, 0.717) is 34.7 Å². The van der Waals surface area contributed by atoms with E-state index in [1.807, 2.05) is 13.8 Å². The van der Waals surface area contributed by atoms with Crippen LogP contribution in [0.25, 0.3) is 17.4 Å². The van der Waals surface area contributed by atoms with Crippen molar-refractivity contribution in [3.63, 3.8) is 0 Å². The molecule has 2 aromatic rings. The molecule has 2 aliphatic heterocycles. The second-order valence-electron chi connectivity index (χ2n) is 6.98. The lowest BCUT2D eigenvalue weighted by atomic mass is 10.1. The second-order valence-corrected chi connectivity index (χ2v) is 7.99. The first-order chi connectivity index (χ1) is 13.9. The SMILES string of the molecule is CC1CN(C2=NC(=O)/C(=C\c3ccc(-c4ccc([N+](=O)[O-])cc4)o3)S2)CC(C)O1. The summed E-state index contributed by atoms with van der Waals surface area (Å²) in [6.45, 7) is 5.40. The third-order valence-electron chi connectivity index (χ3n) is 4.56. The van der Waals surface area contributed by atoms with Crippen molar-refractivity contribution < 1.29 is 18.9 Å². The van der Waals surface area contributed by atoms with Gasteiger partial charge in [0.2, 0.25) is 0 Å². The molecule has 0 bridgehead atoms. The van der Waals surface area contributed by atoms with Crippen LogP contribution in [0.5, 0.6) is 0 Å². The number of ether oxygens (including phenoxy) is 1. The Morgan fingerprint density at radius 3 is 2.52 bits per heavy atom. The van der Waals surface area contributed by atoms with Crippen molar-refractivity contribution in [3.05, 3.63) is 57.2 Å². The average Bonchev–Trinajstić information content (AvgIpc) is 3.28. The van der Waals surface area contributed by atoms with Gasteiger partial charge in [-0.3, -0.25) is 14.9 Å². The molecule has 2 aliphatic rings. The minimum absolute atomic E-state index is 0.0204. The van der Waals surface area contributed by atoms with Crippen LogP contribution in [0.15, 0.2) is 50.7 Å². The first-order valence-electron chi connectivity index (χ1n) is 9.16. The summed E-state index contributed by atoms with van der Waals surface area (Å²) in [4.78, 5) is 29.4. The van der Waals surface area contributed by atoms with Crippen molar-refractivity contribution in [2.75, 3.05) is 13.1 Å². The van der Waals surface area contributed by atoms with Gasteiger partial charge in [-0.05, 0) is 49.9 Å². The summed E-state index contributed by atoms with van der Waals surface area (Å²) in [5.74, 6) is 0.804. The zero-order valence-corrected chi connectivity index (χ0v) is 16.7. The van der Waals surface area contributed by atoms with Crippen LogP contribution in [0.2, 0.25) is 0 Å². The van der Waals surface area contributed by atoms with Crippen molar-refractivity contribution in [2.24, 2.45) is 4.99 Å². The minimum Gasteiger partial charge on any atom is -0.457 e. The number of nitrogens with zero attached hydrogens (tertiary/aromatic N) is 3. The van der Waals surface area contributed by atoms with E-state index in [4.69, 9.17) is 9.15 Å². The summed E-state index contributed by atoms with van der Waals surface area (Å²) < 4.78 is 11.5. The molecule has 1 saturated heterocycles. The number of nitro benzene ring substituents is 1. The number of rotatable bonds is 3. The molecule has 29 heavy (non-hydrogen) atoms. The molecule has 1 aromatic carbocycles. The first kappa shape index (κ1) is 19.4. The highest BCUT2D eigenvalue weighted by molar-refractivity contribution is 8.18. The molecule has 0 saturated carbocycles. The van der Waals surface area contributed by atoms with Crippen LogP contribution < -0.4 is 0 Å². The van der Waals surface area contributed by atoms with Gasteiger partial charge in [-0.2, -0.15) is 4.99 Å². The fourth-order valence-corrected chi connectivity index (χ4v) is 4.24. The number of nitro groups is 1. The van der Waals surface area contributed by atoms with Gasteiger partial charge < -0.3 is 14.1 Å². The second kappa shape index (κ2) is 7.84. The third-order valence-corrected chi connectivity index (χ3v) is 5.61. The topological polar surface area (TPSA) is 98.2 Å². The van der Waals surface area contributed by atoms with E-state index in [-0.39, 0.29) is 23.8 Å². The molecule has 9 heteroatoms. The van der Waals surface area contributed by atoms with Crippen LogP contribution in [0.4, 0.5) is 5.69 Å². The number of benzene rings is 1. The monoisotopic (exact) mass is 413 g/mol. The first-order valence-corrected chi connectivity index (χ1v) is 9.98. The van der Waals surface area contributed by atoms with Gasteiger partial charge >= 0.3 is 0 Å². The zero-order chi connectivity index (χ0) is 20.5. The molecule has 0 N–H and O–H groups in total. The molecule has 0 radical (unpaired) electrons. The summed E-state index contributed by atoms with van der Waals surface area (Å²) >= 11 is 1.33. The number of carbonyl (C=O) groups is 1. The van der Waals surface area contributed by atoms with Gasteiger partial charge in [0.05, 0.1) is 22.0 Å². The number of aliphatic imine (C=N–C) groups is 1. The molecular weight excluding hydrogens is 394 g/mol. The van der Waals surface area contributed by atoms with Crippen molar-refractivity contribution in [1.82, 2.24) is 4.90 Å². The van der Waals surface area contributed by atoms with E-state index in [0.717, 1.165) is 5.56 Å².